The van der Waals surface area contributed by atoms with E-state index in [1.165, 1.54) is 12.1 Å². The van der Waals surface area contributed by atoms with E-state index in [9.17, 15) is 4.39 Å². The van der Waals surface area contributed by atoms with Crippen molar-refractivity contribution >= 4 is 17.3 Å². The van der Waals surface area contributed by atoms with Crippen molar-refractivity contribution < 1.29 is 9.50 Å². The molecule has 1 rings (SSSR count). The smallest absolute Gasteiger partial charge is 0.141 e. The zero-order chi connectivity index (χ0) is 11.5. The minimum Gasteiger partial charge on any atom is -0.396 e. The van der Waals surface area contributed by atoms with Crippen LogP contribution in [0.5, 0.6) is 0 Å². The highest BCUT2D eigenvalue weighted by molar-refractivity contribution is 6.31. The van der Waals surface area contributed by atoms with E-state index in [1.807, 2.05) is 13.8 Å². The average Bonchev–Trinajstić information content (AvgIpc) is 2.20. The van der Waals surface area contributed by atoms with Crippen LogP contribution >= 0.6 is 11.6 Å². The maximum Gasteiger partial charge on any atom is 0.141 e. The van der Waals surface area contributed by atoms with E-state index in [2.05, 4.69) is 5.32 Å². The Balaban J connectivity index is 2.62. The first-order valence-electron chi connectivity index (χ1n) is 4.74. The summed E-state index contributed by atoms with van der Waals surface area (Å²) in [6.07, 6.45) is 0. The Kier molecular flexibility index (Phi) is 3.94. The molecule has 4 heteroatoms. The van der Waals surface area contributed by atoms with Gasteiger partial charge in [0.25, 0.3) is 0 Å². The van der Waals surface area contributed by atoms with Crippen molar-refractivity contribution in [3.8, 4) is 0 Å². The van der Waals surface area contributed by atoms with Gasteiger partial charge in [-0.2, -0.15) is 0 Å². The highest BCUT2D eigenvalue weighted by atomic mass is 35.5. The number of benzene rings is 1. The van der Waals surface area contributed by atoms with E-state index in [0.717, 1.165) is 5.69 Å². The first-order valence-corrected chi connectivity index (χ1v) is 5.12. The number of halogens is 2. The fraction of sp³-hybridized carbons (Fsp3) is 0.455. The Labute approximate surface area is 94.1 Å². The monoisotopic (exact) mass is 231 g/mol. The third-order valence-electron chi connectivity index (χ3n) is 2.12. The number of aliphatic hydroxyl groups is 1. The van der Waals surface area contributed by atoms with E-state index in [4.69, 9.17) is 16.7 Å². The van der Waals surface area contributed by atoms with E-state index in [1.54, 1.807) is 6.07 Å². The SMILES string of the molecule is CC(C)(CO)CNc1ccc(F)c(Cl)c1. The molecule has 84 valence electrons. The molecule has 0 spiro atoms. The maximum absolute atomic E-state index is 12.8. The number of rotatable bonds is 4. The van der Waals surface area contributed by atoms with Crippen LogP contribution in [0.15, 0.2) is 18.2 Å². The van der Waals surface area contributed by atoms with Crippen LogP contribution in [0, 0.1) is 11.2 Å². The number of aliphatic hydroxyl groups excluding tert-OH is 1. The van der Waals surface area contributed by atoms with Gasteiger partial charge in [-0.25, -0.2) is 4.39 Å². The Morgan fingerprint density at radius 2 is 2.13 bits per heavy atom. The van der Waals surface area contributed by atoms with E-state index in [0.29, 0.717) is 6.54 Å². The molecule has 1 aromatic rings. The number of nitrogens with one attached hydrogen (secondary N) is 1. The van der Waals surface area contributed by atoms with Crippen molar-refractivity contribution in [2.45, 2.75) is 13.8 Å². The summed E-state index contributed by atoms with van der Waals surface area (Å²) < 4.78 is 12.8. The van der Waals surface area contributed by atoms with Gasteiger partial charge in [-0.15, -0.1) is 0 Å². The topological polar surface area (TPSA) is 32.3 Å². The molecule has 0 bridgehead atoms. The van der Waals surface area contributed by atoms with Crippen LogP contribution in [0.2, 0.25) is 5.02 Å². The fourth-order valence-electron chi connectivity index (χ4n) is 1.00. The zero-order valence-corrected chi connectivity index (χ0v) is 9.61. The lowest BCUT2D eigenvalue weighted by atomic mass is 9.95. The summed E-state index contributed by atoms with van der Waals surface area (Å²) in [6, 6.07) is 4.47. The second-order valence-electron chi connectivity index (χ2n) is 4.30. The van der Waals surface area contributed by atoms with Crippen LogP contribution in [-0.2, 0) is 0 Å². The molecule has 0 aliphatic rings. The van der Waals surface area contributed by atoms with Crippen LogP contribution in [0.3, 0.4) is 0 Å². The Morgan fingerprint density at radius 3 is 2.67 bits per heavy atom. The van der Waals surface area contributed by atoms with Crippen molar-refractivity contribution in [3.63, 3.8) is 0 Å². The summed E-state index contributed by atoms with van der Waals surface area (Å²) in [6.45, 7) is 4.57. The van der Waals surface area contributed by atoms with Gasteiger partial charge in [-0.1, -0.05) is 25.4 Å². The van der Waals surface area contributed by atoms with Gasteiger partial charge in [0.2, 0.25) is 0 Å². The Morgan fingerprint density at radius 1 is 1.47 bits per heavy atom. The first kappa shape index (κ1) is 12.3. The van der Waals surface area contributed by atoms with E-state index in [-0.39, 0.29) is 17.0 Å². The van der Waals surface area contributed by atoms with Gasteiger partial charge in [0.1, 0.15) is 5.82 Å². The second-order valence-corrected chi connectivity index (χ2v) is 4.71. The average molecular weight is 232 g/mol. The highest BCUT2D eigenvalue weighted by Gasteiger charge is 2.15. The summed E-state index contributed by atoms with van der Waals surface area (Å²) in [5, 5.41) is 12.2. The Bertz CT molecular complexity index is 341. The third-order valence-corrected chi connectivity index (χ3v) is 2.41. The molecule has 0 fully saturated rings. The molecule has 1 aromatic carbocycles. The summed E-state index contributed by atoms with van der Waals surface area (Å²) >= 11 is 5.63. The van der Waals surface area contributed by atoms with Crippen molar-refractivity contribution in [2.75, 3.05) is 18.5 Å². The van der Waals surface area contributed by atoms with Crippen molar-refractivity contribution in [3.05, 3.63) is 29.0 Å². The van der Waals surface area contributed by atoms with Gasteiger partial charge >= 0.3 is 0 Å². The molecule has 0 aromatic heterocycles. The second kappa shape index (κ2) is 4.81. The molecule has 0 amide bonds. The molecule has 0 heterocycles. The molecule has 2 nitrogen and oxygen atoms in total. The Hall–Kier alpha value is -0.800. The quantitative estimate of drug-likeness (QED) is 0.835. The third kappa shape index (κ3) is 3.68. The highest BCUT2D eigenvalue weighted by Crippen LogP contribution is 2.21. The summed E-state index contributed by atoms with van der Waals surface area (Å²) in [5.74, 6) is -0.427. The van der Waals surface area contributed by atoms with Gasteiger partial charge in [-0.05, 0) is 18.2 Å². The fourth-order valence-corrected chi connectivity index (χ4v) is 1.18. The zero-order valence-electron chi connectivity index (χ0n) is 8.85. The van der Waals surface area contributed by atoms with Crippen molar-refractivity contribution in [2.24, 2.45) is 5.41 Å². The number of hydrogen-bond acceptors (Lipinski definition) is 2. The van der Waals surface area contributed by atoms with Crippen LogP contribution in [0.25, 0.3) is 0 Å². The molecule has 0 aliphatic carbocycles. The normalized spacial score (nSPS) is 11.5. The molecule has 0 aliphatic heterocycles. The van der Waals surface area contributed by atoms with Gasteiger partial charge in [0.05, 0.1) is 5.02 Å². The van der Waals surface area contributed by atoms with Crippen molar-refractivity contribution in [1.82, 2.24) is 0 Å². The molecule has 2 N–H and O–H groups in total. The van der Waals surface area contributed by atoms with Crippen LogP contribution in [-0.4, -0.2) is 18.3 Å². The van der Waals surface area contributed by atoms with Gasteiger partial charge in [0.15, 0.2) is 0 Å². The van der Waals surface area contributed by atoms with Crippen LogP contribution in [0.4, 0.5) is 10.1 Å². The van der Waals surface area contributed by atoms with Crippen molar-refractivity contribution in [1.29, 1.82) is 0 Å². The standard InChI is InChI=1S/C11H15ClFNO/c1-11(2,7-15)6-14-8-3-4-10(13)9(12)5-8/h3-5,14-15H,6-7H2,1-2H3. The molecule has 15 heavy (non-hydrogen) atoms. The lowest BCUT2D eigenvalue weighted by Crippen LogP contribution is -2.26. The number of hydrogen-bond donors (Lipinski definition) is 2. The maximum atomic E-state index is 12.8. The first-order chi connectivity index (χ1) is 6.94. The lowest BCUT2D eigenvalue weighted by Gasteiger charge is -2.22. The lowest BCUT2D eigenvalue weighted by molar-refractivity contribution is 0.171. The molecule has 0 radical (unpaired) electrons. The summed E-state index contributed by atoms with van der Waals surface area (Å²) in [7, 11) is 0. The minimum absolute atomic E-state index is 0.0922. The summed E-state index contributed by atoms with van der Waals surface area (Å²) in [5.41, 5.74) is 0.545. The predicted octanol–water partition coefficient (Wildman–Crippen LogP) is 2.91. The van der Waals surface area contributed by atoms with E-state index < -0.39 is 5.82 Å². The molecular weight excluding hydrogens is 217 g/mol. The van der Waals surface area contributed by atoms with Crippen LogP contribution < -0.4 is 5.32 Å². The minimum atomic E-state index is -0.427. The molecule has 0 atom stereocenters. The molecule has 0 unspecified atom stereocenters. The number of anilines is 1. The largest absolute Gasteiger partial charge is 0.396 e. The van der Waals surface area contributed by atoms with Gasteiger partial charge in [0, 0.05) is 24.3 Å². The van der Waals surface area contributed by atoms with Gasteiger partial charge in [-0.3, -0.25) is 0 Å². The summed E-state index contributed by atoms with van der Waals surface area (Å²) in [4.78, 5) is 0. The van der Waals surface area contributed by atoms with Gasteiger partial charge < -0.3 is 10.4 Å². The molecule has 0 saturated carbocycles. The predicted molar refractivity (Wildman–Crippen MR) is 60.8 cm³/mol. The van der Waals surface area contributed by atoms with E-state index >= 15 is 0 Å². The molecular formula is C11H15ClFNO. The molecule has 0 saturated heterocycles. The van der Waals surface area contributed by atoms with Crippen LogP contribution in [0.1, 0.15) is 13.8 Å².